The van der Waals surface area contributed by atoms with Gasteiger partial charge in [-0.05, 0) is 86.2 Å². The first kappa shape index (κ1) is 108. The summed E-state index contributed by atoms with van der Waals surface area (Å²) in [7, 11) is -4.41. The van der Waals surface area contributed by atoms with Crippen LogP contribution in [0.25, 0.3) is 65.0 Å². The fraction of sp³-hybridized carbons (Fsp3) is 0.348. The number of nitrogens with one attached hydrogen (secondary N) is 1. The first-order chi connectivity index (χ1) is 55.3. The Hall–Kier alpha value is -3.92. The Morgan fingerprint density at radius 2 is 0.817 bits per heavy atom. The van der Waals surface area contributed by atoms with Crippen LogP contribution in [0.1, 0.15) is 18.8 Å². The fourth-order valence-electron chi connectivity index (χ4n) is 15.7. The zero-order chi connectivity index (χ0) is 86.1. The van der Waals surface area contributed by atoms with Crippen LogP contribution in [0.5, 0.6) is 0 Å². The van der Waals surface area contributed by atoms with Gasteiger partial charge in [-0.15, -0.1) is 71.4 Å². The van der Waals surface area contributed by atoms with Crippen LogP contribution >= 0.6 is 47.8 Å². The summed E-state index contributed by atoms with van der Waals surface area (Å²) in [4.78, 5) is 12.9. The van der Waals surface area contributed by atoms with Crippen molar-refractivity contribution in [2.45, 2.75) is 138 Å². The molecule has 0 atom stereocenters. The van der Waals surface area contributed by atoms with E-state index in [9.17, 15) is 0 Å². The minimum absolute atomic E-state index is 0. The van der Waals surface area contributed by atoms with Crippen molar-refractivity contribution in [1.29, 1.82) is 0 Å². The number of halogens is 4. The molecule has 14 nitrogen and oxygen atoms in total. The van der Waals surface area contributed by atoms with Crippen LogP contribution in [0, 0.1) is 12.1 Å². The van der Waals surface area contributed by atoms with E-state index in [1.807, 2.05) is 94.5 Å². The van der Waals surface area contributed by atoms with E-state index >= 15 is 0 Å². The number of hydrogen-bond acceptors (Lipinski definition) is 13. The number of quaternary nitrogens is 1. The second kappa shape index (κ2) is 51.2. The van der Waals surface area contributed by atoms with Crippen LogP contribution in [0.2, 0.25) is 118 Å². The normalized spacial score (nSPS) is 13.1. The second-order valence-corrected chi connectivity index (χ2v) is 67.5. The summed E-state index contributed by atoms with van der Waals surface area (Å²) in [6.07, 6.45) is 3.82. The van der Waals surface area contributed by atoms with E-state index in [1.165, 1.54) is 86.1 Å². The summed E-state index contributed by atoms with van der Waals surface area (Å²) in [5.41, 5.74) is 22.4. The molecule has 0 amide bonds. The maximum Gasteiger partial charge on any atom is 0 e. The Morgan fingerprint density at radius 3 is 1.25 bits per heavy atom. The van der Waals surface area contributed by atoms with Crippen LogP contribution in [0.15, 0.2) is 232 Å². The molecule has 2 aliphatic rings. The molecule has 14 rings (SSSR count). The first-order valence-corrected chi connectivity index (χ1v) is 64.9. The van der Waals surface area contributed by atoms with Gasteiger partial charge < -0.3 is 64.9 Å². The summed E-state index contributed by atoms with van der Waals surface area (Å²) in [6, 6.07) is 78.5. The number of aromatic nitrogens is 2. The fourth-order valence-corrected chi connectivity index (χ4v) is 46.6. The third kappa shape index (κ3) is 32.4. The monoisotopic (exact) mass is 2010 g/mol. The van der Waals surface area contributed by atoms with Crippen molar-refractivity contribution in [2.24, 2.45) is 0 Å². The average Bonchev–Trinajstić information content (AvgIpc) is 0.778. The molecule has 633 valence electrons. The van der Waals surface area contributed by atoms with Crippen molar-refractivity contribution in [2.75, 3.05) is 98.1 Å². The SMILES string of the molecule is Brc1ccc(CN2CCOCC2)nc1.C.COB(OC)OC.C[Si](C)(C)N(c1cc[c-]c2ccccc12)[Si](C)(C)C.C[Si](C)(C)N(c1cc[c-]c2ccccc12)[Si](C)(C)C.C[Si](C)(C)N(c1ccc(Br)c2ccccc12)[Si](C)(C)C.Nc1ccc(Br)c2ccccc12.Nc1cccc2c(-c3ccc(C[NH+]4CCOCC4)nc3)cccc12.[Cl-].[Li][Mg+].[Y]. The molecule has 120 heavy (non-hydrogen) atoms. The number of nitrogens with two attached hydrogens (primary N) is 2. The standard InChI is InChI=1S/C20H21N3O.C16H24BrNSi2.2C16H24NSi2.C10H13BrN2O.C10H8BrN.C3H9BO3.CH4.ClH.Li.Mg.Y/c21-20-6-2-4-18-17(3-1-5-19(18)20)15-7-8-16(22-13-15)14-23-9-11-24-12-10-23;1-19(2,3)18(20(4,5)6)16-12-11-15(17)13-9-7-8-10-14(13)16;2*1-18(2,3)17(19(4,5)6)16-13-9-11-14-10-7-8-12-15(14)16;11-9-1-2-10(12-7-9)8-13-3-5-14-6-4-13;11-9-5-6-10(12)8-4-2-1-3-7(8)9;1-5-4(6-2)7-3;;;;;/h1-8,13H,9-12,14,21H2;7-12H,1-6H3;2*7-10,12-13H,1-6H3;1-2,7H,3-6,8H2;1-6H,12H2;1-3H3;1H4;1H;;;/q;;2*-1;;;;;;;+1;. The minimum atomic E-state index is -1.42. The van der Waals surface area contributed by atoms with Gasteiger partial charge in [0, 0.05) is 138 Å². The Kier molecular flexibility index (Phi) is 46.2. The molecule has 12 aromatic rings. The van der Waals surface area contributed by atoms with Gasteiger partial charge in [0.15, 0.2) is 0 Å². The smallest absolute Gasteiger partial charge is 0 e. The Labute approximate surface area is 802 Å². The largest absolute Gasteiger partial charge is 0 e. The third-order valence-electron chi connectivity index (χ3n) is 19.4. The molecular formula is C92H128BBr3ClLiMgN9O5Si6Y-. The molecule has 1 radical (unpaired) electrons. The minimum Gasteiger partial charge on any atom is 0 e. The molecule has 4 heterocycles. The summed E-state index contributed by atoms with van der Waals surface area (Å²) in [5, 5.41) is 12.3. The van der Waals surface area contributed by atoms with Gasteiger partial charge in [0.1, 0.15) is 69.0 Å². The van der Waals surface area contributed by atoms with Gasteiger partial charge in [0.2, 0.25) is 0 Å². The second-order valence-electron chi connectivity index (χ2n) is 34.8. The van der Waals surface area contributed by atoms with E-state index in [4.69, 9.17) is 20.9 Å². The zero-order valence-corrected chi connectivity index (χ0v) is 90.4. The topological polar surface area (TPSA) is 141 Å². The third-order valence-corrected chi connectivity index (χ3v) is 42.9. The number of ether oxygens (including phenoxy) is 2. The van der Waals surface area contributed by atoms with Crippen molar-refractivity contribution in [3.8, 4) is 11.1 Å². The number of fused-ring (bicyclic) bond motifs is 5. The van der Waals surface area contributed by atoms with Crippen molar-refractivity contribution in [3.05, 3.63) is 256 Å². The summed E-state index contributed by atoms with van der Waals surface area (Å²) in [6.45, 7) is 53.4. The van der Waals surface area contributed by atoms with Gasteiger partial charge in [0.25, 0.3) is 0 Å². The zero-order valence-electron chi connectivity index (χ0n) is 74.6. The Morgan fingerprint density at radius 1 is 0.442 bits per heavy atom. The van der Waals surface area contributed by atoms with Gasteiger partial charge in [-0.3, -0.25) is 14.9 Å². The molecule has 5 N–H and O–H groups in total. The Bertz CT molecular complexity index is 4870. The van der Waals surface area contributed by atoms with E-state index in [1.54, 1.807) is 4.90 Å². The number of nitrogens with zero attached hydrogens (tertiary/aromatic N) is 6. The van der Waals surface area contributed by atoms with Gasteiger partial charge in [-0.1, -0.05) is 288 Å². The molecule has 0 bridgehead atoms. The van der Waals surface area contributed by atoms with E-state index < -0.39 is 56.7 Å². The van der Waals surface area contributed by atoms with Gasteiger partial charge in [-0.25, -0.2) is 0 Å². The maximum atomic E-state index is 6.10. The molecular weight excluding hydrogens is 1890 g/mol. The van der Waals surface area contributed by atoms with E-state index in [-0.39, 0.29) is 52.5 Å². The van der Waals surface area contributed by atoms with Gasteiger partial charge in [-0.2, -0.15) is 0 Å². The number of anilines is 5. The molecule has 0 unspecified atom stereocenters. The number of benzene rings is 10. The molecule has 0 saturated carbocycles. The van der Waals surface area contributed by atoms with Crippen molar-refractivity contribution in [1.82, 2.24) is 14.9 Å². The Balaban J connectivity index is 0.000000298. The predicted octanol–water partition coefficient (Wildman–Crippen LogP) is 19.9. The first-order valence-electron chi connectivity index (χ1n) is 40.5. The van der Waals surface area contributed by atoms with Crippen LogP contribution in [0.3, 0.4) is 0 Å². The van der Waals surface area contributed by atoms with Crippen molar-refractivity contribution in [3.63, 3.8) is 0 Å². The number of morpholine rings is 2. The van der Waals surface area contributed by atoms with Crippen LogP contribution in [-0.4, -0.2) is 179 Å². The molecule has 0 spiro atoms. The average molecular weight is 2010 g/mol. The molecule has 2 aliphatic heterocycles. The van der Waals surface area contributed by atoms with E-state index in [0.717, 1.165) is 119 Å². The summed E-state index contributed by atoms with van der Waals surface area (Å²) < 4.78 is 36.2. The number of pyridine rings is 2. The number of rotatable bonds is 17. The molecule has 2 fully saturated rings. The number of nitrogen functional groups attached to an aromatic ring is 2. The van der Waals surface area contributed by atoms with Crippen molar-refractivity contribution >= 4 is 220 Å². The predicted molar refractivity (Wildman–Crippen MR) is 541 cm³/mol. The van der Waals surface area contributed by atoms with Crippen LogP contribution < -0.4 is 41.5 Å². The van der Waals surface area contributed by atoms with E-state index in [0.29, 0.717) is 0 Å². The van der Waals surface area contributed by atoms with Gasteiger partial charge in [0.05, 0.1) is 37.8 Å². The summed E-state index contributed by atoms with van der Waals surface area (Å²) >= 11 is 14.4. The molecule has 10 aromatic carbocycles. The van der Waals surface area contributed by atoms with E-state index in [2.05, 4.69) is 377 Å². The molecule has 28 heteroatoms. The van der Waals surface area contributed by atoms with Crippen molar-refractivity contribution < 1.29 is 73.5 Å². The quantitative estimate of drug-likeness (QED) is 0.0453. The molecule has 2 saturated heterocycles. The molecule has 2 aromatic heterocycles. The van der Waals surface area contributed by atoms with Crippen LogP contribution in [0.4, 0.5) is 28.4 Å². The number of hydrogen-bond donors (Lipinski definition) is 3. The van der Waals surface area contributed by atoms with Crippen LogP contribution in [-0.2, 0) is 69.2 Å². The van der Waals surface area contributed by atoms with Gasteiger partial charge >= 0.3 is 40.9 Å². The summed E-state index contributed by atoms with van der Waals surface area (Å²) in [5.74, 6) is 0. The molecule has 0 aliphatic carbocycles. The maximum absolute atomic E-state index is 6.10.